The van der Waals surface area contributed by atoms with E-state index in [1.807, 2.05) is 6.92 Å². The second-order valence-electron chi connectivity index (χ2n) is 5.74. The molecule has 126 valence electrons. The number of carbonyl (C=O) groups is 1. The SMILES string of the molecule is CCOc1c(C2(C)OCCO2)cc(Cl)c(F)c1[C@@H]1CNC(=O)C1. The van der Waals surface area contributed by atoms with E-state index >= 15 is 0 Å². The first-order valence-electron chi connectivity index (χ1n) is 7.66. The van der Waals surface area contributed by atoms with Gasteiger partial charge in [0.1, 0.15) is 11.6 Å². The fraction of sp³-hybridized carbons (Fsp3) is 0.562. The van der Waals surface area contributed by atoms with E-state index in [4.69, 9.17) is 25.8 Å². The van der Waals surface area contributed by atoms with Crippen LogP contribution < -0.4 is 10.1 Å². The number of ether oxygens (including phenoxy) is 3. The van der Waals surface area contributed by atoms with E-state index < -0.39 is 11.6 Å². The summed E-state index contributed by atoms with van der Waals surface area (Å²) in [7, 11) is 0. The summed E-state index contributed by atoms with van der Waals surface area (Å²) in [6.07, 6.45) is 0.204. The standard InChI is InChI=1S/C16H19ClFNO4/c1-3-21-15-10(16(2)22-4-5-23-16)7-11(17)14(18)13(15)9-6-12(20)19-8-9/h7,9H,3-6,8H2,1-2H3,(H,19,20)/t9-/m0/s1. The summed E-state index contributed by atoms with van der Waals surface area (Å²) in [5.74, 6) is -1.67. The van der Waals surface area contributed by atoms with Gasteiger partial charge in [0.2, 0.25) is 5.91 Å². The van der Waals surface area contributed by atoms with Gasteiger partial charge in [0.25, 0.3) is 0 Å². The predicted octanol–water partition coefficient (Wildman–Crippen LogP) is 2.70. The number of rotatable bonds is 4. The van der Waals surface area contributed by atoms with Crippen LogP contribution in [0.3, 0.4) is 0 Å². The van der Waals surface area contributed by atoms with Crippen LogP contribution in [0.2, 0.25) is 5.02 Å². The van der Waals surface area contributed by atoms with E-state index in [1.165, 1.54) is 6.07 Å². The van der Waals surface area contributed by atoms with Gasteiger partial charge in [0, 0.05) is 24.4 Å². The molecule has 5 nitrogen and oxygen atoms in total. The number of halogens is 2. The topological polar surface area (TPSA) is 56.8 Å². The van der Waals surface area contributed by atoms with Gasteiger partial charge in [0.15, 0.2) is 5.79 Å². The fourth-order valence-corrected chi connectivity index (χ4v) is 3.32. The van der Waals surface area contributed by atoms with Gasteiger partial charge in [-0.3, -0.25) is 4.79 Å². The van der Waals surface area contributed by atoms with Crippen LogP contribution in [0.25, 0.3) is 0 Å². The van der Waals surface area contributed by atoms with E-state index in [9.17, 15) is 9.18 Å². The monoisotopic (exact) mass is 343 g/mol. The van der Waals surface area contributed by atoms with Crippen LogP contribution in [0, 0.1) is 5.82 Å². The highest BCUT2D eigenvalue weighted by Gasteiger charge is 2.40. The quantitative estimate of drug-likeness (QED) is 0.913. The summed E-state index contributed by atoms with van der Waals surface area (Å²) >= 11 is 6.10. The first kappa shape index (κ1) is 16.5. The van der Waals surface area contributed by atoms with Crippen LogP contribution in [0.5, 0.6) is 5.75 Å². The first-order chi connectivity index (χ1) is 11.0. The van der Waals surface area contributed by atoms with Gasteiger partial charge in [-0.15, -0.1) is 0 Å². The van der Waals surface area contributed by atoms with Crippen molar-refractivity contribution in [2.45, 2.75) is 32.0 Å². The molecule has 0 spiro atoms. The largest absolute Gasteiger partial charge is 0.493 e. The Morgan fingerprint density at radius 1 is 1.48 bits per heavy atom. The van der Waals surface area contributed by atoms with Crippen LogP contribution in [0.1, 0.15) is 37.3 Å². The minimum absolute atomic E-state index is 0.0295. The number of hydrogen-bond acceptors (Lipinski definition) is 4. The lowest BCUT2D eigenvalue weighted by molar-refractivity contribution is -0.150. The molecule has 1 amide bonds. The summed E-state index contributed by atoms with van der Waals surface area (Å²) in [5.41, 5.74) is 0.866. The van der Waals surface area contributed by atoms with E-state index in [0.717, 1.165) is 0 Å². The Hall–Kier alpha value is -1.37. The molecule has 1 aromatic carbocycles. The molecule has 1 N–H and O–H groups in total. The van der Waals surface area contributed by atoms with Crippen molar-refractivity contribution in [2.24, 2.45) is 0 Å². The van der Waals surface area contributed by atoms with Gasteiger partial charge in [-0.2, -0.15) is 0 Å². The fourth-order valence-electron chi connectivity index (χ4n) is 3.11. The molecule has 0 saturated carbocycles. The van der Waals surface area contributed by atoms with Crippen molar-refractivity contribution in [2.75, 3.05) is 26.4 Å². The molecule has 1 atom stereocenters. The molecule has 2 heterocycles. The molecule has 0 unspecified atom stereocenters. The molecule has 2 aliphatic rings. The highest BCUT2D eigenvalue weighted by molar-refractivity contribution is 6.31. The van der Waals surface area contributed by atoms with Crippen LogP contribution in [0.4, 0.5) is 4.39 Å². The van der Waals surface area contributed by atoms with Gasteiger partial charge in [-0.05, 0) is 19.9 Å². The smallest absolute Gasteiger partial charge is 0.220 e. The maximum atomic E-state index is 14.7. The molecule has 2 saturated heterocycles. The predicted molar refractivity (Wildman–Crippen MR) is 82.2 cm³/mol. The van der Waals surface area contributed by atoms with Crippen molar-refractivity contribution >= 4 is 17.5 Å². The third-order valence-electron chi connectivity index (χ3n) is 4.21. The maximum absolute atomic E-state index is 14.7. The number of benzene rings is 1. The lowest BCUT2D eigenvalue weighted by Crippen LogP contribution is -2.25. The summed E-state index contributed by atoms with van der Waals surface area (Å²) in [5, 5.41) is 2.69. The molecule has 3 rings (SSSR count). The molecule has 1 aromatic rings. The van der Waals surface area contributed by atoms with Gasteiger partial charge in [-0.25, -0.2) is 4.39 Å². The highest BCUT2D eigenvalue weighted by atomic mass is 35.5. The zero-order valence-electron chi connectivity index (χ0n) is 13.1. The third-order valence-corrected chi connectivity index (χ3v) is 4.48. The third kappa shape index (κ3) is 2.91. The lowest BCUT2D eigenvalue weighted by atomic mass is 9.92. The maximum Gasteiger partial charge on any atom is 0.220 e. The van der Waals surface area contributed by atoms with E-state index in [2.05, 4.69) is 5.32 Å². The Bertz CT molecular complexity index is 631. The van der Waals surface area contributed by atoms with E-state index in [1.54, 1.807) is 6.92 Å². The van der Waals surface area contributed by atoms with Crippen LogP contribution in [-0.2, 0) is 20.1 Å². The van der Waals surface area contributed by atoms with Crippen molar-refractivity contribution in [1.82, 2.24) is 5.32 Å². The molecule has 0 aliphatic carbocycles. The van der Waals surface area contributed by atoms with Gasteiger partial charge in [-0.1, -0.05) is 11.6 Å². The summed E-state index contributed by atoms with van der Waals surface area (Å²) in [6.45, 7) is 5.16. The lowest BCUT2D eigenvalue weighted by Gasteiger charge is -2.28. The van der Waals surface area contributed by atoms with Crippen molar-refractivity contribution in [3.05, 3.63) is 28.0 Å². The van der Waals surface area contributed by atoms with Crippen LogP contribution >= 0.6 is 11.6 Å². The van der Waals surface area contributed by atoms with Crippen LogP contribution in [-0.4, -0.2) is 32.3 Å². The average molecular weight is 344 g/mol. The molecule has 7 heteroatoms. The zero-order chi connectivity index (χ0) is 16.6. The molecule has 0 radical (unpaired) electrons. The van der Waals surface area contributed by atoms with Crippen molar-refractivity contribution < 1.29 is 23.4 Å². The molecule has 2 fully saturated rings. The van der Waals surface area contributed by atoms with Gasteiger partial charge in [0.05, 0.1) is 30.4 Å². The molecular formula is C16H19ClFNO4. The molecule has 2 aliphatic heterocycles. The minimum atomic E-state index is -1.04. The average Bonchev–Trinajstić information content (AvgIpc) is 3.13. The highest BCUT2D eigenvalue weighted by Crippen LogP contribution is 2.45. The van der Waals surface area contributed by atoms with Crippen molar-refractivity contribution in [3.63, 3.8) is 0 Å². The summed E-state index contributed by atoms with van der Waals surface area (Å²) < 4.78 is 31.8. The summed E-state index contributed by atoms with van der Waals surface area (Å²) in [4.78, 5) is 11.5. The number of nitrogens with one attached hydrogen (secondary N) is 1. The van der Waals surface area contributed by atoms with Crippen LogP contribution in [0.15, 0.2) is 6.07 Å². The molecule has 0 aromatic heterocycles. The first-order valence-corrected chi connectivity index (χ1v) is 8.04. The molecule has 23 heavy (non-hydrogen) atoms. The Kier molecular flexibility index (Phi) is 4.49. The Morgan fingerprint density at radius 2 is 2.17 bits per heavy atom. The number of carbonyl (C=O) groups excluding carboxylic acids is 1. The van der Waals surface area contributed by atoms with Crippen molar-refractivity contribution in [3.8, 4) is 5.75 Å². The second kappa shape index (κ2) is 6.26. The van der Waals surface area contributed by atoms with E-state index in [0.29, 0.717) is 43.2 Å². The molecular weight excluding hydrogens is 325 g/mol. The number of hydrogen-bond donors (Lipinski definition) is 1. The van der Waals surface area contributed by atoms with Crippen molar-refractivity contribution in [1.29, 1.82) is 0 Å². The second-order valence-corrected chi connectivity index (χ2v) is 6.15. The molecule has 0 bridgehead atoms. The number of amides is 1. The Morgan fingerprint density at radius 3 is 2.74 bits per heavy atom. The van der Waals surface area contributed by atoms with Gasteiger partial charge >= 0.3 is 0 Å². The normalized spacial score (nSPS) is 23.1. The zero-order valence-corrected chi connectivity index (χ0v) is 13.8. The van der Waals surface area contributed by atoms with Gasteiger partial charge < -0.3 is 19.5 Å². The minimum Gasteiger partial charge on any atom is -0.493 e. The Labute approximate surface area is 139 Å². The van der Waals surface area contributed by atoms with E-state index in [-0.39, 0.29) is 23.3 Å². The summed E-state index contributed by atoms with van der Waals surface area (Å²) in [6, 6.07) is 1.49. The Balaban J connectivity index is 2.16.